The smallest absolute Gasteiger partial charge is 0.265 e. The molecule has 0 saturated heterocycles. The van der Waals surface area contributed by atoms with Crippen molar-refractivity contribution in [1.82, 2.24) is 5.32 Å². The zero-order valence-corrected chi connectivity index (χ0v) is 16.7. The quantitative estimate of drug-likeness (QED) is 0.804. The Bertz CT molecular complexity index is 871. The molecule has 148 valence electrons. The number of aryl methyl sites for hydroxylation is 1. The maximum absolute atomic E-state index is 12.9. The van der Waals surface area contributed by atoms with Crippen LogP contribution in [-0.2, 0) is 9.59 Å². The van der Waals surface area contributed by atoms with Crippen LogP contribution in [0.2, 0.25) is 5.02 Å². The van der Waals surface area contributed by atoms with Crippen LogP contribution in [0.1, 0.15) is 18.9 Å². The first-order valence-corrected chi connectivity index (χ1v) is 9.60. The molecule has 1 aliphatic heterocycles. The van der Waals surface area contributed by atoms with E-state index in [1.54, 1.807) is 30.3 Å². The molecule has 0 radical (unpaired) electrons. The van der Waals surface area contributed by atoms with E-state index in [9.17, 15) is 9.59 Å². The van der Waals surface area contributed by atoms with Gasteiger partial charge in [-0.25, -0.2) is 0 Å². The summed E-state index contributed by atoms with van der Waals surface area (Å²) in [4.78, 5) is 26.8. The second-order valence-electron chi connectivity index (χ2n) is 6.59. The molecule has 1 N–H and O–H groups in total. The van der Waals surface area contributed by atoms with Crippen molar-refractivity contribution >= 4 is 29.1 Å². The third-order valence-electron chi connectivity index (χ3n) is 4.35. The van der Waals surface area contributed by atoms with E-state index in [1.807, 2.05) is 26.0 Å². The third kappa shape index (κ3) is 4.57. The normalized spacial score (nSPS) is 15.4. The SMILES string of the molecule is CCCNC(=O)[C@H]1CN(C(=O)COc2cc(C)ccc2Cl)c2ccccc2O1. The number of hydrogen-bond acceptors (Lipinski definition) is 4. The Balaban J connectivity index is 1.75. The molecule has 1 atom stereocenters. The number of benzene rings is 2. The molecule has 0 aliphatic carbocycles. The minimum absolute atomic E-state index is 0.121. The summed E-state index contributed by atoms with van der Waals surface area (Å²) < 4.78 is 11.4. The number of nitrogens with one attached hydrogen (secondary N) is 1. The van der Waals surface area contributed by atoms with Crippen LogP contribution in [-0.4, -0.2) is 37.6 Å². The Kier molecular flexibility index (Phi) is 6.41. The van der Waals surface area contributed by atoms with Crippen molar-refractivity contribution in [2.45, 2.75) is 26.4 Å². The number of fused-ring (bicyclic) bond motifs is 1. The molecular weight excluding hydrogens is 380 g/mol. The zero-order valence-electron chi connectivity index (χ0n) is 15.9. The number of rotatable bonds is 6. The monoisotopic (exact) mass is 402 g/mol. The fourth-order valence-corrected chi connectivity index (χ4v) is 3.08. The second-order valence-corrected chi connectivity index (χ2v) is 7.00. The lowest BCUT2D eigenvalue weighted by Gasteiger charge is -2.34. The second kappa shape index (κ2) is 8.97. The minimum Gasteiger partial charge on any atom is -0.482 e. The van der Waals surface area contributed by atoms with Gasteiger partial charge in [-0.05, 0) is 43.2 Å². The van der Waals surface area contributed by atoms with Gasteiger partial charge in [0.1, 0.15) is 11.5 Å². The standard InChI is InChI=1S/C21H23ClN2O4/c1-3-10-23-21(26)19-12-24(16-6-4-5-7-17(16)28-19)20(25)13-27-18-11-14(2)8-9-15(18)22/h4-9,11,19H,3,10,12-13H2,1-2H3,(H,23,26)/t19-/m1/s1. The lowest BCUT2D eigenvalue weighted by Crippen LogP contribution is -2.51. The van der Waals surface area contributed by atoms with Gasteiger partial charge in [0, 0.05) is 6.54 Å². The summed E-state index contributed by atoms with van der Waals surface area (Å²) >= 11 is 6.14. The fourth-order valence-electron chi connectivity index (χ4n) is 2.91. The van der Waals surface area contributed by atoms with Crippen LogP contribution in [0.4, 0.5) is 5.69 Å². The van der Waals surface area contributed by atoms with Crippen molar-refractivity contribution in [3.05, 3.63) is 53.1 Å². The van der Waals surface area contributed by atoms with Crippen LogP contribution in [0.3, 0.4) is 0 Å². The topological polar surface area (TPSA) is 67.9 Å². The van der Waals surface area contributed by atoms with E-state index >= 15 is 0 Å². The van der Waals surface area contributed by atoms with Gasteiger partial charge in [0.25, 0.3) is 11.8 Å². The maximum Gasteiger partial charge on any atom is 0.265 e. The predicted molar refractivity (Wildman–Crippen MR) is 108 cm³/mol. The van der Waals surface area contributed by atoms with Crippen molar-refractivity contribution in [2.24, 2.45) is 0 Å². The Morgan fingerprint density at radius 2 is 2.07 bits per heavy atom. The highest BCUT2D eigenvalue weighted by Gasteiger charge is 2.33. The van der Waals surface area contributed by atoms with Crippen molar-refractivity contribution in [1.29, 1.82) is 0 Å². The predicted octanol–water partition coefficient (Wildman–Crippen LogP) is 3.35. The molecule has 6 nitrogen and oxygen atoms in total. The molecule has 0 bridgehead atoms. The first-order chi connectivity index (χ1) is 13.5. The number of hydrogen-bond donors (Lipinski definition) is 1. The summed E-state index contributed by atoms with van der Waals surface area (Å²) in [6.07, 6.45) is 0.0518. The van der Waals surface area contributed by atoms with Crippen molar-refractivity contribution in [3.8, 4) is 11.5 Å². The number of amides is 2. The van der Waals surface area contributed by atoms with Gasteiger partial charge in [0.2, 0.25) is 0 Å². The first-order valence-electron chi connectivity index (χ1n) is 9.22. The van der Waals surface area contributed by atoms with Gasteiger partial charge in [-0.1, -0.05) is 36.7 Å². The molecular formula is C21H23ClN2O4. The first kappa shape index (κ1) is 20.0. The van der Waals surface area contributed by atoms with E-state index in [-0.39, 0.29) is 25.0 Å². The molecule has 0 saturated carbocycles. The van der Waals surface area contributed by atoms with Crippen molar-refractivity contribution in [3.63, 3.8) is 0 Å². The highest BCUT2D eigenvalue weighted by Crippen LogP contribution is 2.33. The average Bonchev–Trinajstić information content (AvgIpc) is 2.71. The number of anilines is 1. The average molecular weight is 403 g/mol. The Morgan fingerprint density at radius 1 is 1.29 bits per heavy atom. The molecule has 0 fully saturated rings. The Labute approximate surface area is 169 Å². The van der Waals surface area contributed by atoms with E-state index < -0.39 is 6.10 Å². The molecule has 2 amide bonds. The minimum atomic E-state index is -0.770. The third-order valence-corrected chi connectivity index (χ3v) is 4.67. The molecule has 28 heavy (non-hydrogen) atoms. The molecule has 3 rings (SSSR count). The largest absolute Gasteiger partial charge is 0.482 e. The summed E-state index contributed by atoms with van der Waals surface area (Å²) in [7, 11) is 0. The molecule has 2 aromatic rings. The van der Waals surface area contributed by atoms with Gasteiger partial charge < -0.3 is 19.7 Å². The summed E-state index contributed by atoms with van der Waals surface area (Å²) in [5.41, 5.74) is 1.60. The molecule has 0 aromatic heterocycles. The summed E-state index contributed by atoms with van der Waals surface area (Å²) in [5.74, 6) is 0.430. The molecule has 0 spiro atoms. The number of carbonyl (C=O) groups excluding carboxylic acids is 2. The lowest BCUT2D eigenvalue weighted by atomic mass is 10.1. The highest BCUT2D eigenvalue weighted by atomic mass is 35.5. The van der Waals surface area contributed by atoms with Crippen LogP contribution in [0.5, 0.6) is 11.5 Å². The summed E-state index contributed by atoms with van der Waals surface area (Å²) in [5, 5.41) is 3.26. The number of nitrogens with zero attached hydrogens (tertiary/aromatic N) is 1. The van der Waals surface area contributed by atoms with Gasteiger partial charge >= 0.3 is 0 Å². The molecule has 7 heteroatoms. The number of halogens is 1. The number of carbonyl (C=O) groups is 2. The van der Waals surface area contributed by atoms with Crippen LogP contribution in [0, 0.1) is 6.92 Å². The molecule has 2 aromatic carbocycles. The van der Waals surface area contributed by atoms with Gasteiger partial charge in [0.05, 0.1) is 17.3 Å². The van der Waals surface area contributed by atoms with E-state index in [0.29, 0.717) is 28.8 Å². The van der Waals surface area contributed by atoms with Crippen LogP contribution in [0.25, 0.3) is 0 Å². The van der Waals surface area contributed by atoms with Gasteiger partial charge in [0.15, 0.2) is 12.7 Å². The van der Waals surface area contributed by atoms with E-state index in [4.69, 9.17) is 21.1 Å². The van der Waals surface area contributed by atoms with E-state index in [1.165, 1.54) is 4.90 Å². The Morgan fingerprint density at radius 3 is 2.86 bits per heavy atom. The van der Waals surface area contributed by atoms with Crippen LogP contribution in [0.15, 0.2) is 42.5 Å². The van der Waals surface area contributed by atoms with Crippen LogP contribution >= 0.6 is 11.6 Å². The van der Waals surface area contributed by atoms with Gasteiger partial charge in [-0.2, -0.15) is 0 Å². The van der Waals surface area contributed by atoms with E-state index in [0.717, 1.165) is 12.0 Å². The van der Waals surface area contributed by atoms with E-state index in [2.05, 4.69) is 5.32 Å². The van der Waals surface area contributed by atoms with Crippen molar-refractivity contribution in [2.75, 3.05) is 24.6 Å². The lowest BCUT2D eigenvalue weighted by molar-refractivity contribution is -0.128. The molecule has 0 unspecified atom stereocenters. The number of para-hydroxylation sites is 2. The fraction of sp³-hybridized carbons (Fsp3) is 0.333. The zero-order chi connectivity index (χ0) is 20.1. The van der Waals surface area contributed by atoms with Gasteiger partial charge in [-0.15, -0.1) is 0 Å². The number of ether oxygens (including phenoxy) is 2. The highest BCUT2D eigenvalue weighted by molar-refractivity contribution is 6.32. The van der Waals surface area contributed by atoms with Crippen molar-refractivity contribution < 1.29 is 19.1 Å². The Hall–Kier alpha value is -2.73. The van der Waals surface area contributed by atoms with Gasteiger partial charge in [-0.3, -0.25) is 9.59 Å². The maximum atomic E-state index is 12.9. The van der Waals surface area contributed by atoms with Crippen LogP contribution < -0.4 is 19.7 Å². The molecule has 1 heterocycles. The molecule has 1 aliphatic rings. The summed E-state index contributed by atoms with van der Waals surface area (Å²) in [6, 6.07) is 12.5. The summed E-state index contributed by atoms with van der Waals surface area (Å²) in [6.45, 7) is 4.38.